The number of aryl methyl sites for hydroxylation is 1. The Balaban J connectivity index is 1.88. The molecule has 4 heteroatoms. The number of nitrogens with zero attached hydrogens (tertiary/aromatic N) is 1. The van der Waals surface area contributed by atoms with Gasteiger partial charge in [0, 0.05) is 11.9 Å². The second-order valence-corrected chi connectivity index (χ2v) is 7.06. The Labute approximate surface area is 127 Å². The normalized spacial score (nSPS) is 24.9. The van der Waals surface area contributed by atoms with Crippen LogP contribution in [0.5, 0.6) is 0 Å². The van der Waals surface area contributed by atoms with Gasteiger partial charge >= 0.3 is 5.76 Å². The van der Waals surface area contributed by atoms with Crippen molar-refractivity contribution >= 4 is 27.0 Å². The Hall–Kier alpha value is -1.03. The lowest BCUT2D eigenvalue weighted by Crippen LogP contribution is -2.16. The van der Waals surface area contributed by atoms with Gasteiger partial charge in [-0.3, -0.25) is 4.57 Å². The van der Waals surface area contributed by atoms with Gasteiger partial charge in [0.05, 0.1) is 5.52 Å². The van der Waals surface area contributed by atoms with Crippen molar-refractivity contribution in [2.24, 2.45) is 18.9 Å². The molecule has 0 radical (unpaired) electrons. The molecule has 108 valence electrons. The number of rotatable bonds is 2. The van der Waals surface area contributed by atoms with Crippen molar-refractivity contribution in [1.29, 1.82) is 0 Å². The molecule has 1 fully saturated rings. The van der Waals surface area contributed by atoms with Crippen LogP contribution in [-0.4, -0.2) is 4.57 Å². The number of fused-ring (bicyclic) bond motifs is 1. The summed E-state index contributed by atoms with van der Waals surface area (Å²) in [5, 5.41) is 0. The van der Waals surface area contributed by atoms with Crippen LogP contribution in [0.3, 0.4) is 0 Å². The molecule has 0 N–H and O–H groups in total. The highest BCUT2D eigenvalue weighted by molar-refractivity contribution is 9.09. The van der Waals surface area contributed by atoms with Crippen molar-refractivity contribution in [3.05, 3.63) is 34.3 Å². The molecule has 1 aliphatic rings. The molecule has 1 aromatic carbocycles. The van der Waals surface area contributed by atoms with Gasteiger partial charge in [-0.05, 0) is 42.4 Å². The maximum atomic E-state index is 11.5. The summed E-state index contributed by atoms with van der Waals surface area (Å²) >= 11 is 3.85. The third-order valence-corrected chi connectivity index (χ3v) is 5.89. The maximum absolute atomic E-state index is 11.5. The van der Waals surface area contributed by atoms with Crippen LogP contribution in [0.1, 0.15) is 43.0 Å². The highest BCUT2D eigenvalue weighted by Crippen LogP contribution is 2.42. The van der Waals surface area contributed by atoms with Crippen molar-refractivity contribution < 1.29 is 4.42 Å². The lowest BCUT2D eigenvalue weighted by atomic mass is 9.80. The summed E-state index contributed by atoms with van der Waals surface area (Å²) in [7, 11) is 1.74. The van der Waals surface area contributed by atoms with Crippen LogP contribution in [0.4, 0.5) is 0 Å². The quantitative estimate of drug-likeness (QED) is 0.761. The van der Waals surface area contributed by atoms with Gasteiger partial charge in [0.2, 0.25) is 0 Å². The molecule has 20 heavy (non-hydrogen) atoms. The highest BCUT2D eigenvalue weighted by atomic mass is 79.9. The first-order chi connectivity index (χ1) is 9.56. The maximum Gasteiger partial charge on any atom is 0.419 e. The molecule has 0 aliphatic heterocycles. The molecule has 1 saturated carbocycles. The van der Waals surface area contributed by atoms with Crippen molar-refractivity contribution in [1.82, 2.24) is 4.57 Å². The largest absolute Gasteiger partial charge is 0.419 e. The lowest BCUT2D eigenvalue weighted by Gasteiger charge is -2.30. The zero-order chi connectivity index (χ0) is 14.3. The molecule has 3 nitrogen and oxygen atoms in total. The second kappa shape index (κ2) is 5.40. The van der Waals surface area contributed by atoms with Crippen LogP contribution in [0, 0.1) is 11.8 Å². The van der Waals surface area contributed by atoms with E-state index in [1.54, 1.807) is 11.6 Å². The summed E-state index contributed by atoms with van der Waals surface area (Å²) in [6.45, 7) is 2.34. The summed E-state index contributed by atoms with van der Waals surface area (Å²) in [5.74, 6) is 1.24. The first-order valence-corrected chi connectivity index (χ1v) is 8.21. The molecule has 1 unspecified atom stereocenters. The molecular weight excluding hydrogens is 318 g/mol. The molecule has 1 heterocycles. The third-order valence-electron chi connectivity index (χ3n) is 4.61. The molecule has 0 spiro atoms. The van der Waals surface area contributed by atoms with Crippen molar-refractivity contribution in [2.45, 2.75) is 37.4 Å². The minimum atomic E-state index is -0.297. The summed E-state index contributed by atoms with van der Waals surface area (Å²) < 4.78 is 6.83. The lowest BCUT2D eigenvalue weighted by molar-refractivity contribution is 0.287. The van der Waals surface area contributed by atoms with E-state index in [1.165, 1.54) is 31.2 Å². The van der Waals surface area contributed by atoms with E-state index in [0.29, 0.717) is 16.3 Å². The first-order valence-electron chi connectivity index (χ1n) is 7.30. The third kappa shape index (κ3) is 2.46. The van der Waals surface area contributed by atoms with Crippen LogP contribution in [0.2, 0.25) is 0 Å². The minimum Gasteiger partial charge on any atom is -0.408 e. The van der Waals surface area contributed by atoms with Crippen LogP contribution in [-0.2, 0) is 7.05 Å². The second-order valence-electron chi connectivity index (χ2n) is 6.08. The topological polar surface area (TPSA) is 35.1 Å². The molecule has 1 aromatic heterocycles. The number of halogens is 1. The van der Waals surface area contributed by atoms with E-state index in [9.17, 15) is 4.79 Å². The molecule has 0 amide bonds. The van der Waals surface area contributed by atoms with Gasteiger partial charge in [0.25, 0.3) is 0 Å². The Bertz CT molecular complexity index is 665. The Morgan fingerprint density at radius 3 is 2.70 bits per heavy atom. The zero-order valence-electron chi connectivity index (χ0n) is 11.9. The smallest absolute Gasteiger partial charge is 0.408 e. The molecule has 0 saturated heterocycles. The van der Waals surface area contributed by atoms with Crippen molar-refractivity contribution in [3.63, 3.8) is 0 Å². The summed E-state index contributed by atoms with van der Waals surface area (Å²) in [6, 6.07) is 6.10. The van der Waals surface area contributed by atoms with E-state index in [1.807, 2.05) is 12.1 Å². The molecule has 2 aromatic rings. The van der Waals surface area contributed by atoms with E-state index < -0.39 is 0 Å². The molecule has 1 aliphatic carbocycles. The summed E-state index contributed by atoms with van der Waals surface area (Å²) in [4.78, 5) is 11.9. The molecule has 3 rings (SSSR count). The van der Waals surface area contributed by atoms with Gasteiger partial charge in [0.1, 0.15) is 0 Å². The molecular formula is C16H20BrNO2. The van der Waals surface area contributed by atoms with Crippen molar-refractivity contribution in [3.8, 4) is 0 Å². The average molecular weight is 338 g/mol. The number of oxazole rings is 1. The number of hydrogen-bond donors (Lipinski definition) is 0. The predicted octanol–water partition coefficient (Wildman–Crippen LogP) is 4.39. The Morgan fingerprint density at radius 2 is 2.00 bits per heavy atom. The van der Waals surface area contributed by atoms with Gasteiger partial charge in [-0.2, -0.15) is 0 Å². The van der Waals surface area contributed by atoms with Gasteiger partial charge in [-0.15, -0.1) is 0 Å². The fourth-order valence-corrected chi connectivity index (χ4v) is 3.99. The summed E-state index contributed by atoms with van der Waals surface area (Å²) in [6.07, 6.45) is 5.17. The van der Waals surface area contributed by atoms with Gasteiger partial charge < -0.3 is 4.42 Å². The highest BCUT2D eigenvalue weighted by Gasteiger charge is 2.25. The van der Waals surface area contributed by atoms with E-state index in [4.69, 9.17) is 4.42 Å². The number of alkyl halides is 1. The monoisotopic (exact) mass is 337 g/mol. The Kier molecular flexibility index (Phi) is 3.76. The van der Waals surface area contributed by atoms with E-state index in [-0.39, 0.29) is 5.76 Å². The van der Waals surface area contributed by atoms with Crippen molar-refractivity contribution in [2.75, 3.05) is 0 Å². The average Bonchev–Trinajstić information content (AvgIpc) is 2.74. The predicted molar refractivity (Wildman–Crippen MR) is 84.2 cm³/mol. The van der Waals surface area contributed by atoms with Crippen LogP contribution in [0.25, 0.3) is 11.1 Å². The first kappa shape index (κ1) is 13.9. The summed E-state index contributed by atoms with van der Waals surface area (Å²) in [5.41, 5.74) is 2.76. The standard InChI is InChI=1S/C16H20BrNO2/c1-10-3-5-11(6-4-10)15(17)12-7-8-13-14(9-12)20-16(19)18(13)2/h7-11,15H,3-6H2,1-2H3. The number of aromatic nitrogens is 1. The number of hydrogen-bond acceptors (Lipinski definition) is 2. The van der Waals surface area contributed by atoms with E-state index >= 15 is 0 Å². The zero-order valence-corrected chi connectivity index (χ0v) is 13.5. The van der Waals surface area contributed by atoms with Gasteiger partial charge in [-0.25, -0.2) is 4.79 Å². The van der Waals surface area contributed by atoms with Crippen LogP contribution in [0.15, 0.2) is 27.4 Å². The van der Waals surface area contributed by atoms with Gasteiger partial charge in [0.15, 0.2) is 5.58 Å². The molecule has 0 bridgehead atoms. The van der Waals surface area contributed by atoms with E-state index in [2.05, 4.69) is 28.9 Å². The SMILES string of the molecule is CC1CCC(C(Br)c2ccc3c(c2)oc(=O)n3C)CC1. The fraction of sp³-hybridized carbons (Fsp3) is 0.562. The van der Waals surface area contributed by atoms with Crippen LogP contribution < -0.4 is 5.76 Å². The molecule has 1 atom stereocenters. The van der Waals surface area contributed by atoms with E-state index in [0.717, 1.165) is 11.4 Å². The minimum absolute atomic E-state index is 0.297. The van der Waals surface area contributed by atoms with Gasteiger partial charge in [-0.1, -0.05) is 41.8 Å². The number of benzene rings is 1. The Morgan fingerprint density at radius 1 is 1.30 bits per heavy atom. The fourth-order valence-electron chi connectivity index (χ4n) is 3.17. The van der Waals surface area contributed by atoms with Crippen LogP contribution >= 0.6 is 15.9 Å².